The topological polar surface area (TPSA) is 95.0 Å². The van der Waals surface area contributed by atoms with Crippen LogP contribution in [0, 0.1) is 0 Å². The molecule has 10 heteroatoms. The van der Waals surface area contributed by atoms with Crippen LogP contribution in [-0.4, -0.2) is 70.8 Å². The summed E-state index contributed by atoms with van der Waals surface area (Å²) >= 11 is 0. The standard InChI is InChI=1S/C23H45N3O5Si2/c1-22(2,3)32(9,10)30-18-16(14-27)25-17(19(18)31-33(11,12)23(4,5)6)15-13-24-21(29-8)26-20(15)28-7/h13,16-19,25,27H,14H2,1-12H3/t16-,17-,18-,19+/m1/s1. The summed E-state index contributed by atoms with van der Waals surface area (Å²) in [5.74, 6) is 0.424. The molecule has 1 aromatic rings. The van der Waals surface area contributed by atoms with Crippen LogP contribution in [0.1, 0.15) is 53.1 Å². The van der Waals surface area contributed by atoms with E-state index in [2.05, 4.69) is 83.0 Å². The van der Waals surface area contributed by atoms with E-state index in [1.807, 2.05) is 0 Å². The maximum Gasteiger partial charge on any atom is 0.319 e. The van der Waals surface area contributed by atoms with Gasteiger partial charge < -0.3 is 28.7 Å². The molecule has 0 radical (unpaired) electrons. The summed E-state index contributed by atoms with van der Waals surface area (Å²) in [5, 5.41) is 13.9. The van der Waals surface area contributed by atoms with Crippen LogP contribution in [0.2, 0.25) is 36.3 Å². The summed E-state index contributed by atoms with van der Waals surface area (Å²) in [5.41, 5.74) is 0.766. The van der Waals surface area contributed by atoms with Gasteiger partial charge in [0.15, 0.2) is 16.6 Å². The average molecular weight is 500 g/mol. The zero-order chi connectivity index (χ0) is 25.4. The van der Waals surface area contributed by atoms with Gasteiger partial charge in [0.2, 0.25) is 5.88 Å². The summed E-state index contributed by atoms with van der Waals surface area (Å²) in [6.07, 6.45) is 1.07. The number of hydrogen-bond donors (Lipinski definition) is 2. The Morgan fingerprint density at radius 1 is 0.909 bits per heavy atom. The highest BCUT2D eigenvalue weighted by Gasteiger charge is 2.53. The van der Waals surface area contributed by atoms with Crippen LogP contribution in [0.25, 0.3) is 0 Å². The molecule has 190 valence electrons. The minimum atomic E-state index is -2.19. The molecule has 1 fully saturated rings. The molecule has 0 aliphatic carbocycles. The first-order valence-electron chi connectivity index (χ1n) is 11.7. The van der Waals surface area contributed by atoms with Crippen LogP contribution in [0.3, 0.4) is 0 Å². The molecule has 2 heterocycles. The molecule has 2 rings (SSSR count). The maximum atomic E-state index is 10.3. The van der Waals surface area contributed by atoms with Gasteiger partial charge in [-0.1, -0.05) is 41.5 Å². The highest BCUT2D eigenvalue weighted by atomic mass is 28.4. The van der Waals surface area contributed by atoms with Crippen molar-refractivity contribution in [3.63, 3.8) is 0 Å². The molecule has 0 unspecified atom stereocenters. The molecule has 1 aliphatic rings. The third-order valence-corrected chi connectivity index (χ3v) is 16.5. The number of aliphatic hydroxyl groups excluding tert-OH is 1. The van der Waals surface area contributed by atoms with Gasteiger partial charge in [0.05, 0.1) is 50.7 Å². The van der Waals surface area contributed by atoms with E-state index >= 15 is 0 Å². The SMILES string of the molecule is COc1ncc([C@H]2N[C@H](CO)[C@@H](O[Si](C)(C)C(C)(C)C)[C@H]2O[Si](C)(C)C(C)(C)C)c(OC)n1. The largest absolute Gasteiger partial charge is 0.481 e. The maximum absolute atomic E-state index is 10.3. The van der Waals surface area contributed by atoms with Crippen molar-refractivity contribution < 1.29 is 23.4 Å². The number of ether oxygens (including phenoxy) is 2. The number of rotatable bonds is 8. The van der Waals surface area contributed by atoms with Crippen LogP contribution in [0.5, 0.6) is 11.9 Å². The van der Waals surface area contributed by atoms with Gasteiger partial charge in [0, 0.05) is 6.20 Å². The third kappa shape index (κ3) is 5.97. The van der Waals surface area contributed by atoms with Crippen molar-refractivity contribution in [2.24, 2.45) is 0 Å². The van der Waals surface area contributed by atoms with E-state index in [0.29, 0.717) is 5.88 Å². The number of aromatic nitrogens is 2. The van der Waals surface area contributed by atoms with Gasteiger partial charge >= 0.3 is 6.01 Å². The molecule has 0 bridgehead atoms. The van der Waals surface area contributed by atoms with Crippen molar-refractivity contribution in [2.75, 3.05) is 20.8 Å². The molecule has 0 amide bonds. The molecule has 4 atom stereocenters. The fourth-order valence-electron chi connectivity index (χ4n) is 3.42. The lowest BCUT2D eigenvalue weighted by Gasteiger charge is -2.44. The Kier molecular flexibility index (Phi) is 8.46. The highest BCUT2D eigenvalue weighted by Crippen LogP contribution is 2.45. The Bertz CT molecular complexity index is 808. The number of nitrogens with one attached hydrogen (secondary N) is 1. The van der Waals surface area contributed by atoms with Crippen molar-refractivity contribution in [1.29, 1.82) is 0 Å². The predicted molar refractivity (Wildman–Crippen MR) is 136 cm³/mol. The summed E-state index contributed by atoms with van der Waals surface area (Å²) < 4.78 is 24.7. The van der Waals surface area contributed by atoms with Crippen LogP contribution < -0.4 is 14.8 Å². The highest BCUT2D eigenvalue weighted by molar-refractivity contribution is 6.74. The summed E-state index contributed by atoms with van der Waals surface area (Å²) in [7, 11) is -1.24. The van der Waals surface area contributed by atoms with E-state index < -0.39 is 16.6 Å². The molecule has 1 saturated heterocycles. The van der Waals surface area contributed by atoms with Crippen LogP contribution in [0.4, 0.5) is 0 Å². The van der Waals surface area contributed by atoms with Crippen molar-refractivity contribution in [3.05, 3.63) is 11.8 Å². The Morgan fingerprint density at radius 3 is 1.85 bits per heavy atom. The second-order valence-corrected chi connectivity index (χ2v) is 21.5. The lowest BCUT2D eigenvalue weighted by atomic mass is 10.0. The Morgan fingerprint density at radius 2 is 1.42 bits per heavy atom. The normalized spacial score (nSPS) is 24.8. The van der Waals surface area contributed by atoms with E-state index in [1.54, 1.807) is 13.3 Å². The smallest absolute Gasteiger partial charge is 0.319 e. The number of hydrogen-bond acceptors (Lipinski definition) is 8. The van der Waals surface area contributed by atoms with Gasteiger partial charge in [-0.2, -0.15) is 4.98 Å². The molecule has 0 saturated carbocycles. The first-order chi connectivity index (χ1) is 15.0. The van der Waals surface area contributed by atoms with Crippen molar-refractivity contribution >= 4 is 16.6 Å². The molecular formula is C23H45N3O5Si2. The minimum Gasteiger partial charge on any atom is -0.481 e. The number of nitrogens with zero attached hydrogens (tertiary/aromatic N) is 2. The first kappa shape index (κ1) is 28.2. The fraction of sp³-hybridized carbons (Fsp3) is 0.826. The third-order valence-electron chi connectivity index (χ3n) is 7.58. The van der Waals surface area contributed by atoms with Gasteiger partial charge in [0.1, 0.15) is 0 Å². The molecule has 8 nitrogen and oxygen atoms in total. The number of methoxy groups -OCH3 is 2. The van der Waals surface area contributed by atoms with E-state index in [1.165, 1.54) is 7.11 Å². The monoisotopic (exact) mass is 499 g/mol. The Balaban J connectivity index is 2.59. The number of aliphatic hydroxyl groups is 1. The van der Waals surface area contributed by atoms with E-state index in [9.17, 15) is 5.11 Å². The molecule has 0 spiro atoms. The summed E-state index contributed by atoms with van der Waals surface area (Å²) in [6, 6.07) is -0.346. The minimum absolute atomic E-state index is 0.0108. The van der Waals surface area contributed by atoms with Crippen LogP contribution >= 0.6 is 0 Å². The second kappa shape index (κ2) is 9.90. The van der Waals surface area contributed by atoms with Crippen molar-refractivity contribution in [1.82, 2.24) is 15.3 Å². The molecular weight excluding hydrogens is 454 g/mol. The Hall–Kier alpha value is -1.05. The van der Waals surface area contributed by atoms with Gasteiger partial charge in [-0.15, -0.1) is 0 Å². The van der Waals surface area contributed by atoms with Crippen molar-refractivity contribution in [3.8, 4) is 11.9 Å². The predicted octanol–water partition coefficient (Wildman–Crippen LogP) is 4.28. The van der Waals surface area contributed by atoms with Gasteiger partial charge in [-0.3, -0.25) is 0 Å². The Labute approximate surface area is 202 Å². The van der Waals surface area contributed by atoms with E-state index in [0.717, 1.165) is 5.56 Å². The fourth-order valence-corrected chi connectivity index (χ4v) is 6.05. The quantitative estimate of drug-likeness (QED) is 0.512. The molecule has 1 aromatic heterocycles. The summed E-state index contributed by atoms with van der Waals surface area (Å²) in [4.78, 5) is 8.72. The molecule has 33 heavy (non-hydrogen) atoms. The van der Waals surface area contributed by atoms with E-state index in [4.69, 9.17) is 18.3 Å². The summed E-state index contributed by atoms with van der Waals surface area (Å²) in [6.45, 7) is 22.2. The van der Waals surface area contributed by atoms with Gasteiger partial charge in [-0.25, -0.2) is 4.98 Å². The molecule has 1 aliphatic heterocycles. The van der Waals surface area contributed by atoms with Gasteiger partial charge in [-0.05, 0) is 36.3 Å². The van der Waals surface area contributed by atoms with Crippen molar-refractivity contribution in [2.45, 2.75) is 102 Å². The zero-order valence-corrected chi connectivity index (χ0v) is 24.6. The average Bonchev–Trinajstić information content (AvgIpc) is 3.01. The van der Waals surface area contributed by atoms with Crippen LogP contribution in [-0.2, 0) is 8.85 Å². The first-order valence-corrected chi connectivity index (χ1v) is 17.5. The molecule has 2 N–H and O–H groups in total. The lowest BCUT2D eigenvalue weighted by molar-refractivity contribution is 0.0336. The van der Waals surface area contributed by atoms with E-state index in [-0.39, 0.29) is 47.0 Å². The van der Waals surface area contributed by atoms with Gasteiger partial charge in [0.25, 0.3) is 0 Å². The van der Waals surface area contributed by atoms with Crippen LogP contribution in [0.15, 0.2) is 6.20 Å². The zero-order valence-electron chi connectivity index (χ0n) is 22.6. The lowest BCUT2D eigenvalue weighted by Crippen LogP contribution is -2.53. The molecule has 0 aromatic carbocycles. The second-order valence-electron chi connectivity index (χ2n) is 11.9.